The SMILES string of the molecule is CCc1ccc(CN(C)C(=NC)NCc2cc(OC)c(O)c(OC)c2)cc1.I. The van der Waals surface area contributed by atoms with E-state index in [0.717, 1.165) is 24.5 Å². The number of ether oxygens (including phenoxy) is 2. The van der Waals surface area contributed by atoms with Crippen LogP contribution < -0.4 is 14.8 Å². The summed E-state index contributed by atoms with van der Waals surface area (Å²) in [5.74, 6) is 1.54. The van der Waals surface area contributed by atoms with Gasteiger partial charge in [0.05, 0.1) is 14.2 Å². The fraction of sp³-hybridized carbons (Fsp3) is 0.381. The van der Waals surface area contributed by atoms with Gasteiger partial charge in [0.15, 0.2) is 17.5 Å². The highest BCUT2D eigenvalue weighted by Gasteiger charge is 2.12. The van der Waals surface area contributed by atoms with Crippen molar-refractivity contribution in [2.45, 2.75) is 26.4 Å². The molecule has 0 aliphatic carbocycles. The third kappa shape index (κ3) is 6.19. The van der Waals surface area contributed by atoms with Crippen molar-refractivity contribution < 1.29 is 14.6 Å². The van der Waals surface area contributed by atoms with Gasteiger partial charge in [0.25, 0.3) is 0 Å². The minimum absolute atomic E-state index is 0. The average Bonchev–Trinajstić information content (AvgIpc) is 2.69. The van der Waals surface area contributed by atoms with Gasteiger partial charge >= 0.3 is 0 Å². The normalized spacial score (nSPS) is 10.8. The van der Waals surface area contributed by atoms with E-state index < -0.39 is 0 Å². The summed E-state index contributed by atoms with van der Waals surface area (Å²) in [7, 11) is 6.79. The number of hydrogen-bond acceptors (Lipinski definition) is 4. The summed E-state index contributed by atoms with van der Waals surface area (Å²) < 4.78 is 10.4. The van der Waals surface area contributed by atoms with E-state index in [4.69, 9.17) is 9.47 Å². The number of guanidine groups is 1. The second kappa shape index (κ2) is 11.6. The van der Waals surface area contributed by atoms with E-state index in [1.54, 1.807) is 19.2 Å². The Labute approximate surface area is 184 Å². The number of nitrogens with one attached hydrogen (secondary N) is 1. The highest BCUT2D eigenvalue weighted by atomic mass is 127. The number of phenolic OH excluding ortho intramolecular Hbond substituents is 1. The lowest BCUT2D eigenvalue weighted by Gasteiger charge is -2.22. The van der Waals surface area contributed by atoms with Crippen LogP contribution >= 0.6 is 24.0 Å². The third-order valence-corrected chi connectivity index (χ3v) is 4.41. The van der Waals surface area contributed by atoms with E-state index in [2.05, 4.69) is 46.4 Å². The first-order valence-electron chi connectivity index (χ1n) is 8.95. The predicted molar refractivity (Wildman–Crippen MR) is 124 cm³/mol. The Bertz CT molecular complexity index is 754. The predicted octanol–water partition coefficient (Wildman–Crippen LogP) is 3.80. The monoisotopic (exact) mass is 499 g/mol. The lowest BCUT2D eigenvalue weighted by Crippen LogP contribution is -2.38. The summed E-state index contributed by atoms with van der Waals surface area (Å²) in [6.45, 7) is 3.44. The number of hydrogen-bond donors (Lipinski definition) is 2. The van der Waals surface area contributed by atoms with Gasteiger partial charge in [-0.2, -0.15) is 0 Å². The first kappa shape index (κ1) is 23.9. The van der Waals surface area contributed by atoms with Gasteiger partial charge in [-0.15, -0.1) is 24.0 Å². The molecule has 2 N–H and O–H groups in total. The molecule has 0 radical (unpaired) electrons. The molecule has 28 heavy (non-hydrogen) atoms. The number of rotatable bonds is 7. The van der Waals surface area contributed by atoms with Crippen LogP contribution in [0.15, 0.2) is 41.4 Å². The maximum Gasteiger partial charge on any atom is 0.200 e. The van der Waals surface area contributed by atoms with Crippen molar-refractivity contribution in [3.05, 3.63) is 53.1 Å². The van der Waals surface area contributed by atoms with E-state index in [-0.39, 0.29) is 29.7 Å². The molecule has 0 saturated heterocycles. The molecule has 0 bridgehead atoms. The van der Waals surface area contributed by atoms with Gasteiger partial charge in [-0.25, -0.2) is 0 Å². The maximum absolute atomic E-state index is 10.0. The maximum atomic E-state index is 10.0. The second-order valence-electron chi connectivity index (χ2n) is 6.28. The highest BCUT2D eigenvalue weighted by Crippen LogP contribution is 2.37. The second-order valence-corrected chi connectivity index (χ2v) is 6.28. The van der Waals surface area contributed by atoms with Crippen molar-refractivity contribution in [3.8, 4) is 17.2 Å². The molecule has 2 rings (SSSR count). The van der Waals surface area contributed by atoms with E-state index in [1.165, 1.54) is 25.3 Å². The lowest BCUT2D eigenvalue weighted by atomic mass is 10.1. The third-order valence-electron chi connectivity index (χ3n) is 4.41. The number of halogens is 1. The zero-order chi connectivity index (χ0) is 19.8. The summed E-state index contributed by atoms with van der Waals surface area (Å²) >= 11 is 0. The Balaban J connectivity index is 0.00000392. The van der Waals surface area contributed by atoms with Crippen molar-refractivity contribution in [1.29, 1.82) is 0 Å². The van der Waals surface area contributed by atoms with Crippen molar-refractivity contribution >= 4 is 29.9 Å². The van der Waals surface area contributed by atoms with Gasteiger partial charge in [0.2, 0.25) is 5.75 Å². The molecule has 0 aliphatic heterocycles. The fourth-order valence-corrected chi connectivity index (χ4v) is 2.84. The zero-order valence-corrected chi connectivity index (χ0v) is 19.5. The molecule has 0 aromatic heterocycles. The molecular weight excluding hydrogens is 469 g/mol. The Kier molecular flexibility index (Phi) is 9.92. The topological polar surface area (TPSA) is 66.3 Å². The minimum Gasteiger partial charge on any atom is -0.502 e. The molecule has 0 fully saturated rings. The summed E-state index contributed by atoms with van der Waals surface area (Å²) in [6, 6.07) is 12.2. The molecule has 6 nitrogen and oxygen atoms in total. The molecule has 154 valence electrons. The van der Waals surface area contributed by atoms with Gasteiger partial charge < -0.3 is 24.8 Å². The number of nitrogens with zero attached hydrogens (tertiary/aromatic N) is 2. The van der Waals surface area contributed by atoms with Gasteiger partial charge in [0, 0.05) is 27.2 Å². The minimum atomic E-state index is 0. The Morgan fingerprint density at radius 3 is 2.04 bits per heavy atom. The molecule has 0 saturated carbocycles. The number of aryl methyl sites for hydroxylation is 1. The standard InChI is InChI=1S/C21H29N3O3.HI/c1-6-15-7-9-16(10-8-15)14-24(3)21(22-2)23-13-17-11-18(26-4)20(25)19(12-17)27-5;/h7-12,25H,6,13-14H2,1-5H3,(H,22,23);1H. The van der Waals surface area contributed by atoms with E-state index in [0.29, 0.717) is 18.0 Å². The van der Waals surface area contributed by atoms with Crippen molar-refractivity contribution in [2.75, 3.05) is 28.3 Å². The quantitative estimate of drug-likeness (QED) is 0.345. The number of phenols is 1. The summed E-state index contributed by atoms with van der Waals surface area (Å²) in [5, 5.41) is 13.4. The van der Waals surface area contributed by atoms with E-state index in [9.17, 15) is 5.11 Å². The van der Waals surface area contributed by atoms with Gasteiger partial charge in [-0.3, -0.25) is 4.99 Å². The molecule has 0 amide bonds. The molecule has 2 aromatic carbocycles. The van der Waals surface area contributed by atoms with Crippen LogP contribution in [0.5, 0.6) is 17.2 Å². The van der Waals surface area contributed by atoms with Gasteiger partial charge in [-0.05, 0) is 35.2 Å². The van der Waals surface area contributed by atoms with Crippen LogP contribution in [0.4, 0.5) is 0 Å². The summed E-state index contributed by atoms with van der Waals surface area (Å²) in [4.78, 5) is 6.42. The lowest BCUT2D eigenvalue weighted by molar-refractivity contribution is 0.339. The first-order chi connectivity index (χ1) is 13.0. The van der Waals surface area contributed by atoms with Crippen LogP contribution in [-0.2, 0) is 19.5 Å². The smallest absolute Gasteiger partial charge is 0.200 e. The molecule has 7 heteroatoms. The Morgan fingerprint density at radius 2 is 1.57 bits per heavy atom. The summed E-state index contributed by atoms with van der Waals surface area (Å²) in [5.41, 5.74) is 3.48. The molecule has 0 aliphatic rings. The number of benzene rings is 2. The van der Waals surface area contributed by atoms with Crippen LogP contribution in [0.1, 0.15) is 23.6 Å². The summed E-state index contributed by atoms with van der Waals surface area (Å²) in [6.07, 6.45) is 1.04. The van der Waals surface area contributed by atoms with Crippen LogP contribution in [0.25, 0.3) is 0 Å². The van der Waals surface area contributed by atoms with Crippen molar-refractivity contribution in [3.63, 3.8) is 0 Å². The van der Waals surface area contributed by atoms with Crippen LogP contribution in [0.2, 0.25) is 0 Å². The number of methoxy groups -OCH3 is 2. The molecular formula is C21H30IN3O3. The Hall–Kier alpha value is -2.16. The van der Waals surface area contributed by atoms with Crippen LogP contribution in [0.3, 0.4) is 0 Å². The molecule has 0 spiro atoms. The van der Waals surface area contributed by atoms with Crippen molar-refractivity contribution in [2.24, 2.45) is 4.99 Å². The molecule has 2 aromatic rings. The van der Waals surface area contributed by atoms with Crippen LogP contribution in [0, 0.1) is 0 Å². The number of aliphatic imine (C=N–C) groups is 1. The first-order valence-corrected chi connectivity index (χ1v) is 8.95. The largest absolute Gasteiger partial charge is 0.502 e. The molecule has 0 atom stereocenters. The Morgan fingerprint density at radius 1 is 1.04 bits per heavy atom. The fourth-order valence-electron chi connectivity index (χ4n) is 2.84. The number of aromatic hydroxyl groups is 1. The van der Waals surface area contributed by atoms with Crippen molar-refractivity contribution in [1.82, 2.24) is 10.2 Å². The van der Waals surface area contributed by atoms with Gasteiger partial charge in [0.1, 0.15) is 0 Å². The highest BCUT2D eigenvalue weighted by molar-refractivity contribution is 14.0. The van der Waals surface area contributed by atoms with E-state index >= 15 is 0 Å². The average molecular weight is 499 g/mol. The van der Waals surface area contributed by atoms with E-state index in [1.807, 2.05) is 7.05 Å². The van der Waals surface area contributed by atoms with Crippen LogP contribution in [-0.4, -0.2) is 44.3 Å². The zero-order valence-electron chi connectivity index (χ0n) is 17.2. The molecule has 0 unspecified atom stereocenters. The van der Waals surface area contributed by atoms with Gasteiger partial charge in [-0.1, -0.05) is 31.2 Å². The molecule has 0 heterocycles.